The van der Waals surface area contributed by atoms with E-state index in [1.54, 1.807) is 12.4 Å². The molecule has 2 fully saturated rings. The van der Waals surface area contributed by atoms with Crippen molar-refractivity contribution in [3.63, 3.8) is 0 Å². The molecule has 5 atom stereocenters. The molecule has 8 heteroatoms. The fourth-order valence-corrected chi connectivity index (χ4v) is 4.53. The Morgan fingerprint density at radius 3 is 2.76 bits per heavy atom. The van der Waals surface area contributed by atoms with Crippen molar-refractivity contribution in [1.82, 2.24) is 15.6 Å². The SMILES string of the molecule is Cc1ccc(N2C(=S)N[C@H]3[C@@H](O)[C@H](O)C[C@@H](C(=O)NCc4cccnc4)[C@H]32)cc1. The number of rotatable bonds is 4. The van der Waals surface area contributed by atoms with Crippen molar-refractivity contribution in [2.45, 2.75) is 44.2 Å². The number of nitrogens with zero attached hydrogens (tertiary/aromatic N) is 2. The minimum atomic E-state index is -1.00. The molecule has 0 bridgehead atoms. The summed E-state index contributed by atoms with van der Waals surface area (Å²) in [7, 11) is 0. The molecule has 2 aromatic rings. The first-order chi connectivity index (χ1) is 14.0. The standard InChI is InChI=1S/C21H24N4O3S/c1-12-4-6-14(7-5-12)25-18-15(9-16(26)19(27)17(18)24-21(25)29)20(28)23-11-13-3-2-8-22-10-13/h2-8,10,15-19,26-27H,9,11H2,1H3,(H,23,28)(H,24,29)/t15-,16-,17-,18-,19+/m1/s1. The van der Waals surface area contributed by atoms with Crippen molar-refractivity contribution in [3.05, 3.63) is 59.9 Å². The molecular formula is C21H24N4O3S. The van der Waals surface area contributed by atoms with E-state index in [1.165, 1.54) is 0 Å². The number of aliphatic hydroxyl groups excluding tert-OH is 2. The zero-order chi connectivity index (χ0) is 20.5. The Balaban J connectivity index is 1.60. The number of pyridine rings is 1. The lowest BCUT2D eigenvalue weighted by molar-refractivity contribution is -0.131. The maximum Gasteiger partial charge on any atom is 0.225 e. The molecule has 7 nitrogen and oxygen atoms in total. The third-order valence-electron chi connectivity index (χ3n) is 5.68. The molecule has 1 amide bonds. The van der Waals surface area contributed by atoms with Crippen LogP contribution in [0.15, 0.2) is 48.8 Å². The number of benzene rings is 1. The van der Waals surface area contributed by atoms with Crippen molar-refractivity contribution >= 4 is 28.9 Å². The fraction of sp³-hybridized carbons (Fsp3) is 0.381. The number of aromatic nitrogens is 1. The lowest BCUT2D eigenvalue weighted by Crippen LogP contribution is -2.60. The van der Waals surface area contributed by atoms with Gasteiger partial charge in [-0.3, -0.25) is 9.78 Å². The Bertz CT molecular complexity index is 893. The monoisotopic (exact) mass is 412 g/mol. The van der Waals surface area contributed by atoms with E-state index >= 15 is 0 Å². The smallest absolute Gasteiger partial charge is 0.225 e. The molecule has 1 aliphatic carbocycles. The summed E-state index contributed by atoms with van der Waals surface area (Å²) in [5, 5.41) is 27.4. The van der Waals surface area contributed by atoms with E-state index in [1.807, 2.05) is 48.2 Å². The number of hydrogen-bond acceptors (Lipinski definition) is 5. The van der Waals surface area contributed by atoms with E-state index in [0.29, 0.717) is 11.7 Å². The van der Waals surface area contributed by atoms with Gasteiger partial charge in [0.1, 0.15) is 6.10 Å². The molecule has 0 radical (unpaired) electrons. The first-order valence-electron chi connectivity index (χ1n) is 9.65. The quantitative estimate of drug-likeness (QED) is 0.554. The number of carbonyl (C=O) groups is 1. The van der Waals surface area contributed by atoms with E-state index in [-0.39, 0.29) is 12.3 Å². The van der Waals surface area contributed by atoms with Crippen LogP contribution in [0.2, 0.25) is 0 Å². The maximum atomic E-state index is 13.1. The number of amides is 1. The van der Waals surface area contributed by atoms with Crippen LogP contribution < -0.4 is 15.5 Å². The van der Waals surface area contributed by atoms with Gasteiger partial charge in [0, 0.05) is 24.6 Å². The highest BCUT2D eigenvalue weighted by atomic mass is 32.1. The van der Waals surface area contributed by atoms with Gasteiger partial charge in [0.15, 0.2) is 5.11 Å². The van der Waals surface area contributed by atoms with Crippen molar-refractivity contribution in [3.8, 4) is 0 Å². The summed E-state index contributed by atoms with van der Waals surface area (Å²) in [5.41, 5.74) is 2.87. The topological polar surface area (TPSA) is 97.7 Å². The Labute approximate surface area is 174 Å². The van der Waals surface area contributed by atoms with E-state index in [2.05, 4.69) is 15.6 Å². The largest absolute Gasteiger partial charge is 0.390 e. The van der Waals surface area contributed by atoms with E-state index in [4.69, 9.17) is 12.2 Å². The van der Waals surface area contributed by atoms with Gasteiger partial charge in [-0.15, -0.1) is 0 Å². The second-order valence-electron chi connectivity index (χ2n) is 7.65. The zero-order valence-corrected chi connectivity index (χ0v) is 16.8. The van der Waals surface area contributed by atoms with Crippen LogP contribution in [0.3, 0.4) is 0 Å². The highest BCUT2D eigenvalue weighted by Gasteiger charge is 2.53. The summed E-state index contributed by atoms with van der Waals surface area (Å²) in [6, 6.07) is 10.7. The third-order valence-corrected chi connectivity index (χ3v) is 6.00. The Hall–Kier alpha value is -2.55. The van der Waals surface area contributed by atoms with Crippen LogP contribution in [0.1, 0.15) is 17.5 Å². The molecule has 1 aromatic carbocycles. The Morgan fingerprint density at radius 1 is 1.31 bits per heavy atom. The van der Waals surface area contributed by atoms with Gasteiger partial charge in [0.2, 0.25) is 5.91 Å². The van der Waals surface area contributed by atoms with Gasteiger partial charge in [-0.2, -0.15) is 0 Å². The molecule has 2 aliphatic rings. The summed E-state index contributed by atoms with van der Waals surface area (Å²) in [4.78, 5) is 19.0. The minimum Gasteiger partial charge on any atom is -0.390 e. The Kier molecular flexibility index (Phi) is 5.49. The molecule has 1 saturated carbocycles. The third kappa shape index (κ3) is 3.83. The van der Waals surface area contributed by atoms with Crippen LogP contribution in [0.25, 0.3) is 0 Å². The van der Waals surface area contributed by atoms with Gasteiger partial charge in [-0.25, -0.2) is 0 Å². The number of thiocarbonyl (C=S) groups is 1. The van der Waals surface area contributed by atoms with Crippen LogP contribution in [-0.4, -0.2) is 50.5 Å². The second-order valence-corrected chi connectivity index (χ2v) is 8.04. The van der Waals surface area contributed by atoms with E-state index < -0.39 is 30.2 Å². The Morgan fingerprint density at radius 2 is 2.07 bits per heavy atom. The molecule has 29 heavy (non-hydrogen) atoms. The normalized spacial score (nSPS) is 28.6. The summed E-state index contributed by atoms with van der Waals surface area (Å²) in [5.74, 6) is -0.720. The van der Waals surface area contributed by atoms with Crippen LogP contribution in [0.4, 0.5) is 5.69 Å². The zero-order valence-electron chi connectivity index (χ0n) is 16.0. The van der Waals surface area contributed by atoms with Crippen LogP contribution in [0.5, 0.6) is 0 Å². The number of carbonyl (C=O) groups excluding carboxylic acids is 1. The average molecular weight is 413 g/mol. The number of hydrogen-bond donors (Lipinski definition) is 4. The van der Waals surface area contributed by atoms with Crippen molar-refractivity contribution in [2.24, 2.45) is 5.92 Å². The number of fused-ring (bicyclic) bond motifs is 1. The highest BCUT2D eigenvalue weighted by molar-refractivity contribution is 7.80. The summed E-state index contributed by atoms with van der Waals surface area (Å²) in [6.45, 7) is 2.35. The lowest BCUT2D eigenvalue weighted by atomic mass is 9.77. The van der Waals surface area contributed by atoms with Crippen molar-refractivity contribution < 1.29 is 15.0 Å². The minimum absolute atomic E-state index is 0.161. The average Bonchev–Trinajstić information content (AvgIpc) is 3.07. The maximum absolute atomic E-state index is 13.1. The molecule has 4 rings (SSSR count). The van der Waals surface area contributed by atoms with Crippen molar-refractivity contribution in [2.75, 3.05) is 4.90 Å². The number of aliphatic hydroxyl groups is 2. The van der Waals surface area contributed by atoms with Gasteiger partial charge in [0.05, 0.1) is 24.1 Å². The number of anilines is 1. The molecule has 0 spiro atoms. The van der Waals surface area contributed by atoms with Gasteiger partial charge in [-0.1, -0.05) is 23.8 Å². The predicted molar refractivity (Wildman–Crippen MR) is 113 cm³/mol. The number of nitrogens with one attached hydrogen (secondary N) is 2. The van der Waals surface area contributed by atoms with E-state index in [0.717, 1.165) is 16.8 Å². The molecule has 0 unspecified atom stereocenters. The molecule has 1 aromatic heterocycles. The van der Waals surface area contributed by atoms with Gasteiger partial charge in [-0.05, 0) is 49.3 Å². The summed E-state index contributed by atoms with van der Waals surface area (Å²) >= 11 is 5.52. The molecule has 4 N–H and O–H groups in total. The molecular weight excluding hydrogens is 388 g/mol. The summed E-state index contributed by atoms with van der Waals surface area (Å²) in [6.07, 6.45) is 1.54. The second kappa shape index (κ2) is 8.06. The van der Waals surface area contributed by atoms with Gasteiger partial charge >= 0.3 is 0 Å². The molecule has 1 aliphatic heterocycles. The lowest BCUT2D eigenvalue weighted by Gasteiger charge is -2.41. The predicted octanol–water partition coefficient (Wildman–Crippen LogP) is 0.880. The molecule has 1 saturated heterocycles. The van der Waals surface area contributed by atoms with Crippen molar-refractivity contribution in [1.29, 1.82) is 0 Å². The molecule has 2 heterocycles. The first-order valence-corrected chi connectivity index (χ1v) is 10.1. The summed E-state index contributed by atoms with van der Waals surface area (Å²) < 4.78 is 0. The molecule has 152 valence electrons. The first kappa shape index (κ1) is 19.8. The van der Waals surface area contributed by atoms with Gasteiger partial charge in [0.25, 0.3) is 0 Å². The number of aryl methyl sites for hydroxylation is 1. The van der Waals surface area contributed by atoms with Crippen LogP contribution >= 0.6 is 12.2 Å². The highest BCUT2D eigenvalue weighted by Crippen LogP contribution is 2.36. The van der Waals surface area contributed by atoms with Gasteiger partial charge < -0.3 is 25.7 Å². The van der Waals surface area contributed by atoms with Crippen LogP contribution in [-0.2, 0) is 11.3 Å². The van der Waals surface area contributed by atoms with Crippen LogP contribution in [0, 0.1) is 12.8 Å². The van der Waals surface area contributed by atoms with E-state index in [9.17, 15) is 15.0 Å². The fourth-order valence-electron chi connectivity index (χ4n) is 4.17.